The van der Waals surface area contributed by atoms with Crippen LogP contribution in [0.5, 0.6) is 0 Å². The summed E-state index contributed by atoms with van der Waals surface area (Å²) in [5.74, 6) is 0. The van der Waals surface area contributed by atoms with Crippen molar-refractivity contribution in [1.29, 1.82) is 0 Å². The summed E-state index contributed by atoms with van der Waals surface area (Å²) in [5.41, 5.74) is 3.33. The first-order valence-corrected chi connectivity index (χ1v) is 5.70. The zero-order chi connectivity index (χ0) is 11.3. The molecule has 86 valence electrons. The Hall–Kier alpha value is -0.390. The van der Waals surface area contributed by atoms with E-state index in [0.29, 0.717) is 0 Å². The van der Waals surface area contributed by atoms with Crippen LogP contribution in [0.4, 0.5) is 0 Å². The maximum Gasteiger partial charge on any atom is 0.187 e. The topological polar surface area (TPSA) is 27.7 Å². The third-order valence-corrected chi connectivity index (χ3v) is 3.87. The maximum absolute atomic E-state index is 5.74. The van der Waals surface area contributed by atoms with Crippen molar-refractivity contribution in [3.05, 3.63) is 0 Å². The Morgan fingerprint density at radius 2 is 2.07 bits per heavy atom. The highest BCUT2D eigenvalue weighted by Crippen LogP contribution is 2.37. The average molecular weight is 229 g/mol. The SMILES string of the molecule is CN1N[C@]2(CCOC(C)(C)C2)N(C)C1=S. The van der Waals surface area contributed by atoms with Crippen molar-refractivity contribution in [3.63, 3.8) is 0 Å². The van der Waals surface area contributed by atoms with Gasteiger partial charge in [0.15, 0.2) is 5.11 Å². The molecular formula is C10H19N3OS. The van der Waals surface area contributed by atoms with Crippen molar-refractivity contribution in [3.8, 4) is 0 Å². The molecule has 1 atom stereocenters. The molecule has 2 aliphatic heterocycles. The van der Waals surface area contributed by atoms with Gasteiger partial charge in [0, 0.05) is 26.9 Å². The molecular weight excluding hydrogens is 210 g/mol. The van der Waals surface area contributed by atoms with Crippen LogP contribution < -0.4 is 5.43 Å². The molecule has 2 heterocycles. The zero-order valence-corrected chi connectivity index (χ0v) is 10.6. The fourth-order valence-corrected chi connectivity index (χ4v) is 2.79. The number of ether oxygens (including phenoxy) is 1. The Morgan fingerprint density at radius 3 is 2.53 bits per heavy atom. The second-order valence-electron chi connectivity index (χ2n) is 5.08. The van der Waals surface area contributed by atoms with Crippen LogP contribution in [0, 0.1) is 0 Å². The minimum atomic E-state index is -0.0830. The van der Waals surface area contributed by atoms with Crippen molar-refractivity contribution >= 4 is 17.3 Å². The Morgan fingerprint density at radius 1 is 1.40 bits per heavy atom. The molecule has 1 N–H and O–H groups in total. The Kier molecular flexibility index (Phi) is 2.44. The molecule has 0 saturated carbocycles. The lowest BCUT2D eigenvalue weighted by atomic mass is 9.88. The summed E-state index contributed by atoms with van der Waals surface area (Å²) in [7, 11) is 4.02. The van der Waals surface area contributed by atoms with E-state index < -0.39 is 0 Å². The highest BCUT2D eigenvalue weighted by molar-refractivity contribution is 7.80. The molecule has 0 radical (unpaired) electrons. The van der Waals surface area contributed by atoms with E-state index in [4.69, 9.17) is 17.0 Å². The first-order valence-electron chi connectivity index (χ1n) is 5.30. The summed E-state index contributed by atoms with van der Waals surface area (Å²) >= 11 is 5.34. The lowest BCUT2D eigenvalue weighted by molar-refractivity contribution is -0.112. The van der Waals surface area contributed by atoms with Gasteiger partial charge in [0.05, 0.1) is 12.2 Å². The van der Waals surface area contributed by atoms with Gasteiger partial charge in [-0.05, 0) is 26.1 Å². The molecule has 2 saturated heterocycles. The fourth-order valence-electron chi connectivity index (χ4n) is 2.56. The Bertz CT molecular complexity index is 294. The standard InChI is InChI=1S/C10H19N3OS/c1-9(2)7-10(5-6-14-9)11-13(4)8(15)12(10)3/h11H,5-7H2,1-4H3/t10-/m1/s1. The van der Waals surface area contributed by atoms with Crippen LogP contribution in [-0.2, 0) is 4.74 Å². The van der Waals surface area contributed by atoms with E-state index in [-0.39, 0.29) is 11.3 Å². The van der Waals surface area contributed by atoms with E-state index in [2.05, 4.69) is 31.2 Å². The molecule has 0 unspecified atom stereocenters. The molecule has 2 fully saturated rings. The first-order chi connectivity index (χ1) is 6.86. The third kappa shape index (κ3) is 1.73. The molecule has 0 amide bonds. The third-order valence-electron chi connectivity index (χ3n) is 3.32. The van der Waals surface area contributed by atoms with Crippen molar-refractivity contribution in [2.45, 2.75) is 38.0 Å². The van der Waals surface area contributed by atoms with E-state index in [1.807, 2.05) is 12.1 Å². The lowest BCUT2D eigenvalue weighted by Gasteiger charge is -2.45. The first kappa shape index (κ1) is 11.1. The van der Waals surface area contributed by atoms with Crippen molar-refractivity contribution < 1.29 is 4.74 Å². The quantitative estimate of drug-likeness (QED) is 0.624. The van der Waals surface area contributed by atoms with Gasteiger partial charge in [0.1, 0.15) is 5.66 Å². The fraction of sp³-hybridized carbons (Fsp3) is 0.900. The van der Waals surface area contributed by atoms with E-state index in [9.17, 15) is 0 Å². The summed E-state index contributed by atoms with van der Waals surface area (Å²) in [6, 6.07) is 0. The van der Waals surface area contributed by atoms with Gasteiger partial charge >= 0.3 is 0 Å². The van der Waals surface area contributed by atoms with E-state index in [1.165, 1.54) is 0 Å². The van der Waals surface area contributed by atoms with Crippen molar-refractivity contribution in [2.24, 2.45) is 0 Å². The molecule has 2 rings (SSSR count). The largest absolute Gasteiger partial charge is 0.375 e. The van der Waals surface area contributed by atoms with Crippen LogP contribution in [0.1, 0.15) is 26.7 Å². The molecule has 0 aliphatic carbocycles. The van der Waals surface area contributed by atoms with Crippen molar-refractivity contribution in [2.75, 3.05) is 20.7 Å². The van der Waals surface area contributed by atoms with Gasteiger partial charge in [-0.3, -0.25) is 5.01 Å². The monoisotopic (exact) mass is 229 g/mol. The second-order valence-corrected chi connectivity index (χ2v) is 5.44. The van der Waals surface area contributed by atoms with Gasteiger partial charge in [-0.1, -0.05) is 0 Å². The number of thiocarbonyl (C=S) groups is 1. The molecule has 1 spiro atoms. The molecule has 0 aromatic heterocycles. The zero-order valence-electron chi connectivity index (χ0n) is 9.83. The Balaban J connectivity index is 2.24. The molecule has 15 heavy (non-hydrogen) atoms. The van der Waals surface area contributed by atoms with Gasteiger partial charge in [0.2, 0.25) is 0 Å². The summed E-state index contributed by atoms with van der Waals surface area (Å²) in [6.07, 6.45) is 1.92. The van der Waals surface area contributed by atoms with Crippen LogP contribution in [0.2, 0.25) is 0 Å². The minimum Gasteiger partial charge on any atom is -0.375 e. The van der Waals surface area contributed by atoms with Gasteiger partial charge in [-0.2, -0.15) is 0 Å². The smallest absolute Gasteiger partial charge is 0.187 e. The number of hydrogen-bond donors (Lipinski definition) is 1. The molecule has 0 aromatic rings. The normalized spacial score (nSPS) is 35.3. The summed E-state index contributed by atoms with van der Waals surface area (Å²) in [4.78, 5) is 2.16. The second kappa shape index (κ2) is 3.30. The molecule has 5 heteroatoms. The highest BCUT2D eigenvalue weighted by atomic mass is 32.1. The predicted molar refractivity (Wildman–Crippen MR) is 63.3 cm³/mol. The number of hydrazine groups is 1. The number of hydrogen-bond acceptors (Lipinski definition) is 3. The molecule has 0 bridgehead atoms. The van der Waals surface area contributed by atoms with Gasteiger partial charge in [0.25, 0.3) is 0 Å². The molecule has 4 nitrogen and oxygen atoms in total. The van der Waals surface area contributed by atoms with Crippen molar-refractivity contribution in [1.82, 2.24) is 15.3 Å². The van der Waals surface area contributed by atoms with Crippen LogP contribution in [0.25, 0.3) is 0 Å². The molecule has 0 aromatic carbocycles. The Labute approximate surface area is 96.5 Å². The van der Waals surface area contributed by atoms with E-state index in [0.717, 1.165) is 24.6 Å². The molecule has 2 aliphatic rings. The number of nitrogens with one attached hydrogen (secondary N) is 1. The van der Waals surface area contributed by atoms with E-state index in [1.54, 1.807) is 0 Å². The summed E-state index contributed by atoms with van der Waals surface area (Å²) in [5, 5.41) is 2.78. The van der Waals surface area contributed by atoms with Gasteiger partial charge in [-0.15, -0.1) is 0 Å². The number of rotatable bonds is 0. The summed E-state index contributed by atoms with van der Waals surface area (Å²) in [6.45, 7) is 5.04. The van der Waals surface area contributed by atoms with Crippen LogP contribution in [0.3, 0.4) is 0 Å². The van der Waals surface area contributed by atoms with Crippen LogP contribution >= 0.6 is 12.2 Å². The minimum absolute atomic E-state index is 0.0480. The van der Waals surface area contributed by atoms with Gasteiger partial charge < -0.3 is 9.64 Å². The van der Waals surface area contributed by atoms with Gasteiger partial charge in [-0.25, -0.2) is 5.43 Å². The predicted octanol–water partition coefficient (Wildman–Crippen LogP) is 0.938. The van der Waals surface area contributed by atoms with Crippen LogP contribution in [0.15, 0.2) is 0 Å². The lowest BCUT2D eigenvalue weighted by Crippen LogP contribution is -2.59. The van der Waals surface area contributed by atoms with Crippen LogP contribution in [-0.4, -0.2) is 47.0 Å². The maximum atomic E-state index is 5.74. The number of nitrogens with zero attached hydrogens (tertiary/aromatic N) is 2. The average Bonchev–Trinajstić information content (AvgIpc) is 2.29. The highest BCUT2D eigenvalue weighted by Gasteiger charge is 2.49. The summed E-state index contributed by atoms with van der Waals surface area (Å²) < 4.78 is 5.74. The van der Waals surface area contributed by atoms with E-state index >= 15 is 0 Å².